The third-order valence-electron chi connectivity index (χ3n) is 5.53. The zero-order chi connectivity index (χ0) is 20.6. The van der Waals surface area contributed by atoms with Crippen LogP contribution in [0.3, 0.4) is 0 Å². The van der Waals surface area contributed by atoms with Gasteiger partial charge in [-0.25, -0.2) is 9.67 Å². The first-order valence-electron chi connectivity index (χ1n) is 9.96. The first kappa shape index (κ1) is 19.8. The topological polar surface area (TPSA) is 91.5 Å². The molecule has 0 bridgehead atoms. The molecular weight excluding hydrogens is 374 g/mol. The van der Waals surface area contributed by atoms with Crippen molar-refractivity contribution in [3.8, 4) is 5.88 Å². The highest BCUT2D eigenvalue weighted by Gasteiger charge is 2.43. The summed E-state index contributed by atoms with van der Waals surface area (Å²) in [5.74, 6) is 1.37. The molecule has 0 unspecified atom stereocenters. The van der Waals surface area contributed by atoms with E-state index in [0.717, 1.165) is 18.5 Å². The molecule has 1 spiro atoms. The number of rotatable bonds is 5. The van der Waals surface area contributed by atoms with Crippen molar-refractivity contribution in [1.29, 1.82) is 0 Å². The van der Waals surface area contributed by atoms with Gasteiger partial charge in [-0.1, -0.05) is 19.9 Å². The number of fused-ring (bicyclic) bond motifs is 1. The molecule has 0 aromatic carbocycles. The highest BCUT2D eigenvalue weighted by Crippen LogP contribution is 2.32. The van der Waals surface area contributed by atoms with E-state index in [1.54, 1.807) is 13.3 Å². The van der Waals surface area contributed by atoms with Crippen molar-refractivity contribution >= 4 is 0 Å². The predicted octanol–water partition coefficient (Wildman–Crippen LogP) is 0.640. The van der Waals surface area contributed by atoms with Gasteiger partial charge in [0.25, 0.3) is 0 Å². The number of methoxy groups -OCH3 is 1. The molecule has 0 N–H and O–H groups in total. The summed E-state index contributed by atoms with van der Waals surface area (Å²) >= 11 is 0. The van der Waals surface area contributed by atoms with E-state index in [1.807, 2.05) is 26.0 Å². The number of hydrogen-bond donors (Lipinski definition) is 0. The lowest BCUT2D eigenvalue weighted by Crippen LogP contribution is -2.53. The predicted molar refractivity (Wildman–Crippen MR) is 106 cm³/mol. The van der Waals surface area contributed by atoms with Crippen LogP contribution in [0.25, 0.3) is 0 Å². The van der Waals surface area contributed by atoms with Crippen LogP contribution in [0.5, 0.6) is 5.88 Å². The molecule has 0 saturated carbocycles. The highest BCUT2D eigenvalue weighted by atomic mass is 16.5. The standard InChI is InChI=1S/C20H27N5O4/c1-14(2)9-25-19(27)18(26)24-13-20(29-11-16(24)22-25)6-8-23(12-20)10-15-5-4-7-21-17(15)28-3/h4-5,7,14H,6,8-13H2,1-3H3/t20-/m0/s1. The van der Waals surface area contributed by atoms with Crippen molar-refractivity contribution < 1.29 is 9.47 Å². The van der Waals surface area contributed by atoms with Gasteiger partial charge in [0.1, 0.15) is 12.2 Å². The smallest absolute Gasteiger partial charge is 0.332 e. The molecule has 0 radical (unpaired) electrons. The van der Waals surface area contributed by atoms with E-state index in [9.17, 15) is 9.59 Å². The largest absolute Gasteiger partial charge is 0.481 e. The average molecular weight is 401 g/mol. The maximum absolute atomic E-state index is 12.7. The third-order valence-corrected chi connectivity index (χ3v) is 5.53. The average Bonchev–Trinajstić information content (AvgIpc) is 3.09. The fourth-order valence-electron chi connectivity index (χ4n) is 4.15. The van der Waals surface area contributed by atoms with Crippen molar-refractivity contribution in [3.63, 3.8) is 0 Å². The summed E-state index contributed by atoms with van der Waals surface area (Å²) in [6.45, 7) is 7.18. The van der Waals surface area contributed by atoms with Crippen LogP contribution in [0.15, 0.2) is 27.9 Å². The molecule has 0 amide bonds. The zero-order valence-electron chi connectivity index (χ0n) is 17.1. The van der Waals surface area contributed by atoms with E-state index in [0.29, 0.717) is 37.9 Å². The summed E-state index contributed by atoms with van der Waals surface area (Å²) in [7, 11) is 1.62. The molecule has 9 heteroatoms. The van der Waals surface area contributed by atoms with Crippen LogP contribution in [-0.2, 0) is 31.0 Å². The van der Waals surface area contributed by atoms with Gasteiger partial charge in [-0.2, -0.15) is 5.10 Å². The monoisotopic (exact) mass is 401 g/mol. The van der Waals surface area contributed by atoms with Gasteiger partial charge in [-0.3, -0.25) is 19.1 Å². The molecule has 4 heterocycles. The van der Waals surface area contributed by atoms with Gasteiger partial charge >= 0.3 is 11.1 Å². The van der Waals surface area contributed by atoms with Crippen LogP contribution in [0.4, 0.5) is 0 Å². The molecule has 2 aromatic rings. The number of nitrogens with zero attached hydrogens (tertiary/aromatic N) is 5. The number of hydrogen-bond acceptors (Lipinski definition) is 7. The second-order valence-corrected chi connectivity index (χ2v) is 8.29. The molecule has 29 heavy (non-hydrogen) atoms. The van der Waals surface area contributed by atoms with Gasteiger partial charge in [0.2, 0.25) is 5.88 Å². The van der Waals surface area contributed by atoms with Gasteiger partial charge in [0.15, 0.2) is 5.82 Å². The third kappa shape index (κ3) is 3.84. The van der Waals surface area contributed by atoms with Crippen LogP contribution in [0.1, 0.15) is 31.7 Å². The van der Waals surface area contributed by atoms with Crippen LogP contribution < -0.4 is 15.9 Å². The van der Waals surface area contributed by atoms with E-state index in [4.69, 9.17) is 9.47 Å². The first-order valence-corrected chi connectivity index (χ1v) is 9.96. The normalized spacial score (nSPS) is 21.7. The maximum Gasteiger partial charge on any atom is 0.332 e. The Morgan fingerprint density at radius 3 is 2.86 bits per heavy atom. The lowest BCUT2D eigenvalue weighted by atomic mass is 10.0. The number of ether oxygens (including phenoxy) is 2. The Morgan fingerprint density at radius 1 is 1.28 bits per heavy atom. The SMILES string of the molecule is COc1ncccc1CN1CC[C@]2(C1)Cn1c(nn(CC(C)C)c(=O)c1=O)CO2. The molecular formula is C20H27N5O4. The molecule has 2 aromatic heterocycles. The van der Waals surface area contributed by atoms with Crippen molar-refractivity contribution in [1.82, 2.24) is 24.2 Å². The Hall–Kier alpha value is -2.52. The fourth-order valence-corrected chi connectivity index (χ4v) is 4.15. The Balaban J connectivity index is 1.53. The molecule has 2 aliphatic rings. The van der Waals surface area contributed by atoms with Crippen molar-refractivity contribution in [2.75, 3.05) is 20.2 Å². The Labute approximate surface area is 168 Å². The zero-order valence-corrected chi connectivity index (χ0v) is 17.1. The molecule has 0 aliphatic carbocycles. The second kappa shape index (κ2) is 7.72. The molecule has 4 rings (SSSR count). The van der Waals surface area contributed by atoms with Gasteiger partial charge in [0.05, 0.1) is 13.7 Å². The molecule has 1 atom stereocenters. The highest BCUT2D eigenvalue weighted by molar-refractivity contribution is 5.25. The lowest BCUT2D eigenvalue weighted by molar-refractivity contribution is -0.0860. The van der Waals surface area contributed by atoms with Gasteiger partial charge < -0.3 is 9.47 Å². The maximum atomic E-state index is 12.7. The fraction of sp³-hybridized carbons (Fsp3) is 0.600. The summed E-state index contributed by atoms with van der Waals surface area (Å²) < 4.78 is 14.3. The summed E-state index contributed by atoms with van der Waals surface area (Å²) in [6, 6.07) is 3.89. The van der Waals surface area contributed by atoms with Crippen molar-refractivity contribution in [2.45, 2.75) is 52.1 Å². The second-order valence-electron chi connectivity index (χ2n) is 8.29. The van der Waals surface area contributed by atoms with E-state index in [-0.39, 0.29) is 12.5 Å². The molecule has 1 fully saturated rings. The van der Waals surface area contributed by atoms with E-state index in [1.165, 1.54) is 9.25 Å². The summed E-state index contributed by atoms with van der Waals surface area (Å²) in [6.07, 6.45) is 2.50. The van der Waals surface area contributed by atoms with Gasteiger partial charge in [0, 0.05) is 37.9 Å². The van der Waals surface area contributed by atoms with Crippen molar-refractivity contribution in [2.24, 2.45) is 5.92 Å². The number of aromatic nitrogens is 4. The van der Waals surface area contributed by atoms with Crippen LogP contribution in [0, 0.1) is 5.92 Å². The minimum Gasteiger partial charge on any atom is -0.481 e. The van der Waals surface area contributed by atoms with E-state index < -0.39 is 16.7 Å². The first-order chi connectivity index (χ1) is 13.9. The Kier molecular flexibility index (Phi) is 5.26. The quantitative estimate of drug-likeness (QED) is 0.679. The van der Waals surface area contributed by atoms with Crippen LogP contribution >= 0.6 is 0 Å². The van der Waals surface area contributed by atoms with E-state index in [2.05, 4.69) is 15.0 Å². The number of pyridine rings is 1. The molecule has 156 valence electrons. The van der Waals surface area contributed by atoms with Crippen molar-refractivity contribution in [3.05, 3.63) is 50.4 Å². The Morgan fingerprint density at radius 2 is 2.10 bits per heavy atom. The van der Waals surface area contributed by atoms with Gasteiger partial charge in [-0.05, 0) is 18.4 Å². The van der Waals surface area contributed by atoms with Gasteiger partial charge in [-0.15, -0.1) is 0 Å². The molecule has 9 nitrogen and oxygen atoms in total. The minimum absolute atomic E-state index is 0.228. The van der Waals surface area contributed by atoms with Crippen LogP contribution in [0.2, 0.25) is 0 Å². The van der Waals surface area contributed by atoms with E-state index >= 15 is 0 Å². The summed E-state index contributed by atoms with van der Waals surface area (Å²) in [5.41, 5.74) is -0.538. The summed E-state index contributed by atoms with van der Waals surface area (Å²) in [4.78, 5) is 31.7. The summed E-state index contributed by atoms with van der Waals surface area (Å²) in [5, 5.41) is 4.38. The van der Waals surface area contributed by atoms with Crippen LogP contribution in [-0.4, -0.2) is 50.0 Å². The molecule has 1 saturated heterocycles. The number of likely N-dealkylation sites (tertiary alicyclic amines) is 1. The minimum atomic E-state index is -0.561. The Bertz CT molecular complexity index is 1010. The molecule has 2 aliphatic heterocycles. The lowest BCUT2D eigenvalue weighted by Gasteiger charge is -2.35.